The molecular formula is C20H15NO5. The molecule has 0 bridgehead atoms. The highest BCUT2D eigenvalue weighted by Gasteiger charge is 2.08. The van der Waals surface area contributed by atoms with E-state index in [1.54, 1.807) is 36.4 Å². The van der Waals surface area contributed by atoms with Gasteiger partial charge in [0.15, 0.2) is 0 Å². The van der Waals surface area contributed by atoms with Crippen LogP contribution in [0.25, 0.3) is 23.3 Å². The zero-order valence-corrected chi connectivity index (χ0v) is 13.5. The Balaban J connectivity index is 1.96. The lowest BCUT2D eigenvalue weighted by Gasteiger charge is -2.06. The van der Waals surface area contributed by atoms with Crippen molar-refractivity contribution in [2.24, 2.45) is 0 Å². The average molecular weight is 349 g/mol. The number of hydrogen-bond acceptors (Lipinski definition) is 5. The number of benzene rings is 3. The summed E-state index contributed by atoms with van der Waals surface area (Å²) in [5, 5.41) is 40.0. The monoisotopic (exact) mass is 349 g/mol. The maximum atomic E-state index is 10.9. The Bertz CT molecular complexity index is 991. The number of aromatic hydroxyl groups is 3. The predicted molar refractivity (Wildman–Crippen MR) is 98.9 cm³/mol. The third kappa shape index (κ3) is 3.81. The zero-order valence-electron chi connectivity index (χ0n) is 13.5. The van der Waals surface area contributed by atoms with Crippen LogP contribution < -0.4 is 0 Å². The topological polar surface area (TPSA) is 104 Å². The summed E-state index contributed by atoms with van der Waals surface area (Å²) in [5.74, 6) is -0.0989. The summed E-state index contributed by atoms with van der Waals surface area (Å²) < 4.78 is 0. The molecule has 0 aliphatic heterocycles. The predicted octanol–water partition coefficient (Wildman–Crippen LogP) is 4.55. The van der Waals surface area contributed by atoms with Crippen LogP contribution in [0.4, 0.5) is 5.69 Å². The fourth-order valence-corrected chi connectivity index (χ4v) is 2.57. The average Bonchev–Trinajstić information content (AvgIpc) is 2.60. The summed E-state index contributed by atoms with van der Waals surface area (Å²) in [6, 6.07) is 15.3. The van der Waals surface area contributed by atoms with Crippen molar-refractivity contribution in [3.05, 3.63) is 81.9 Å². The van der Waals surface area contributed by atoms with Crippen molar-refractivity contribution in [1.82, 2.24) is 0 Å². The molecule has 0 amide bonds. The molecule has 3 aromatic carbocycles. The van der Waals surface area contributed by atoms with Crippen LogP contribution in [0.1, 0.15) is 11.1 Å². The number of nitrogens with zero attached hydrogens (tertiary/aromatic N) is 1. The van der Waals surface area contributed by atoms with E-state index >= 15 is 0 Å². The minimum absolute atomic E-state index is 0.0112. The molecule has 0 saturated heterocycles. The molecule has 0 saturated carbocycles. The molecule has 0 heterocycles. The van der Waals surface area contributed by atoms with Gasteiger partial charge in [0.2, 0.25) is 0 Å². The van der Waals surface area contributed by atoms with E-state index in [-0.39, 0.29) is 22.9 Å². The van der Waals surface area contributed by atoms with E-state index in [2.05, 4.69) is 0 Å². The Morgan fingerprint density at radius 2 is 1.50 bits per heavy atom. The molecule has 0 fully saturated rings. The molecule has 0 radical (unpaired) electrons. The molecule has 3 N–H and O–H groups in total. The van der Waals surface area contributed by atoms with Gasteiger partial charge in [-0.05, 0) is 41.0 Å². The first kappa shape index (κ1) is 17.0. The van der Waals surface area contributed by atoms with Gasteiger partial charge in [-0.1, -0.05) is 30.4 Å². The van der Waals surface area contributed by atoms with Crippen LogP contribution in [0, 0.1) is 10.1 Å². The molecule has 26 heavy (non-hydrogen) atoms. The van der Waals surface area contributed by atoms with Crippen LogP contribution in [-0.4, -0.2) is 20.2 Å². The smallest absolute Gasteiger partial charge is 0.270 e. The second kappa shape index (κ2) is 6.98. The first-order valence-electron chi connectivity index (χ1n) is 7.71. The van der Waals surface area contributed by atoms with Crippen molar-refractivity contribution in [3.8, 4) is 28.4 Å². The van der Waals surface area contributed by atoms with Gasteiger partial charge in [0.25, 0.3) is 5.69 Å². The molecule has 0 atom stereocenters. The number of rotatable bonds is 4. The van der Waals surface area contributed by atoms with Gasteiger partial charge >= 0.3 is 0 Å². The maximum absolute atomic E-state index is 10.9. The zero-order chi connectivity index (χ0) is 18.7. The summed E-state index contributed by atoms with van der Waals surface area (Å²) in [6.45, 7) is 0. The number of phenolic OH excluding ortho intramolecular Hbond substituents is 3. The van der Waals surface area contributed by atoms with Crippen molar-refractivity contribution in [3.63, 3.8) is 0 Å². The summed E-state index contributed by atoms with van der Waals surface area (Å²) in [4.78, 5) is 10.5. The van der Waals surface area contributed by atoms with Crippen LogP contribution >= 0.6 is 0 Å². The third-order valence-corrected chi connectivity index (χ3v) is 3.80. The summed E-state index contributed by atoms with van der Waals surface area (Å²) in [5.41, 5.74) is 2.41. The Hall–Kier alpha value is -3.80. The first-order chi connectivity index (χ1) is 12.4. The van der Waals surface area contributed by atoms with Crippen LogP contribution in [0.2, 0.25) is 0 Å². The van der Waals surface area contributed by atoms with E-state index in [0.717, 1.165) is 0 Å². The normalized spacial score (nSPS) is 10.9. The Labute approximate surface area is 149 Å². The maximum Gasteiger partial charge on any atom is 0.270 e. The van der Waals surface area contributed by atoms with Crippen molar-refractivity contribution in [2.45, 2.75) is 0 Å². The second-order valence-corrected chi connectivity index (χ2v) is 5.70. The summed E-state index contributed by atoms with van der Waals surface area (Å²) in [6.07, 6.45) is 3.26. The van der Waals surface area contributed by atoms with Gasteiger partial charge in [0.1, 0.15) is 17.2 Å². The van der Waals surface area contributed by atoms with Crippen LogP contribution in [0.15, 0.2) is 60.7 Å². The Morgan fingerprint density at radius 3 is 2.19 bits per heavy atom. The van der Waals surface area contributed by atoms with Gasteiger partial charge in [-0.15, -0.1) is 0 Å². The van der Waals surface area contributed by atoms with Gasteiger partial charge in [-0.25, -0.2) is 0 Å². The molecule has 6 nitrogen and oxygen atoms in total. The van der Waals surface area contributed by atoms with Gasteiger partial charge in [-0.2, -0.15) is 0 Å². The van der Waals surface area contributed by atoms with Crippen molar-refractivity contribution in [2.75, 3.05) is 0 Å². The van der Waals surface area contributed by atoms with Crippen LogP contribution in [0.3, 0.4) is 0 Å². The SMILES string of the molecule is O=[N+]([O-])c1cccc(-c2ccc(O)c(/C=C/c3cc(O)cc(O)c3)c2)c1. The largest absolute Gasteiger partial charge is 0.508 e. The summed E-state index contributed by atoms with van der Waals surface area (Å²) >= 11 is 0. The highest BCUT2D eigenvalue weighted by atomic mass is 16.6. The molecule has 6 heteroatoms. The summed E-state index contributed by atoms with van der Waals surface area (Å²) in [7, 11) is 0. The second-order valence-electron chi connectivity index (χ2n) is 5.70. The van der Waals surface area contributed by atoms with Crippen molar-refractivity contribution in [1.29, 1.82) is 0 Å². The van der Waals surface area contributed by atoms with Gasteiger partial charge in [-0.3, -0.25) is 10.1 Å². The van der Waals surface area contributed by atoms with Gasteiger partial charge < -0.3 is 15.3 Å². The lowest BCUT2D eigenvalue weighted by atomic mass is 10.0. The number of phenols is 3. The minimum Gasteiger partial charge on any atom is -0.508 e. The number of nitro groups is 1. The van der Waals surface area contributed by atoms with Gasteiger partial charge in [0.05, 0.1) is 4.92 Å². The lowest BCUT2D eigenvalue weighted by molar-refractivity contribution is -0.384. The van der Waals surface area contributed by atoms with E-state index in [0.29, 0.717) is 22.3 Å². The molecule has 0 aliphatic carbocycles. The lowest BCUT2D eigenvalue weighted by Crippen LogP contribution is -1.88. The van der Waals surface area contributed by atoms with E-state index in [9.17, 15) is 25.4 Å². The first-order valence-corrected chi connectivity index (χ1v) is 7.71. The molecule has 130 valence electrons. The molecule has 3 rings (SSSR count). The van der Waals surface area contributed by atoms with Crippen LogP contribution in [0.5, 0.6) is 17.2 Å². The van der Waals surface area contributed by atoms with Gasteiger partial charge in [0, 0.05) is 23.8 Å². The molecular weight excluding hydrogens is 334 g/mol. The molecule has 0 spiro atoms. The molecule has 0 aromatic heterocycles. The van der Waals surface area contributed by atoms with Crippen LogP contribution in [-0.2, 0) is 0 Å². The van der Waals surface area contributed by atoms with E-state index in [1.807, 2.05) is 0 Å². The van der Waals surface area contributed by atoms with E-state index in [1.165, 1.54) is 36.4 Å². The highest BCUT2D eigenvalue weighted by molar-refractivity contribution is 5.77. The van der Waals surface area contributed by atoms with Crippen molar-refractivity contribution < 1.29 is 20.2 Å². The van der Waals surface area contributed by atoms with E-state index < -0.39 is 4.92 Å². The standard InChI is InChI=1S/C20H15NO5/c22-18-8-13(9-19(23)12-18)4-5-16-10-15(6-7-20(16)24)14-2-1-3-17(11-14)21(25)26/h1-12,22-24H/b5-4+. The molecule has 3 aromatic rings. The molecule has 0 unspecified atom stereocenters. The fraction of sp³-hybridized carbons (Fsp3) is 0. The number of nitro benzene ring substituents is 1. The quantitative estimate of drug-likeness (QED) is 0.364. The highest BCUT2D eigenvalue weighted by Crippen LogP contribution is 2.30. The van der Waals surface area contributed by atoms with Crippen molar-refractivity contribution >= 4 is 17.8 Å². The Kier molecular flexibility index (Phi) is 4.57. The molecule has 0 aliphatic rings. The van der Waals surface area contributed by atoms with E-state index in [4.69, 9.17) is 0 Å². The Morgan fingerprint density at radius 1 is 0.808 bits per heavy atom. The minimum atomic E-state index is -0.459. The number of non-ortho nitro benzene ring substituents is 1. The number of hydrogen-bond donors (Lipinski definition) is 3. The fourth-order valence-electron chi connectivity index (χ4n) is 2.57. The third-order valence-electron chi connectivity index (χ3n) is 3.80.